The molecule has 2 aromatic rings. The SMILES string of the molecule is CN(CC1=CN(CCCCF)NN1)Cc1ccc2c(Cl)cc(Cl)c(O)c2n1. The molecule has 1 aliphatic heterocycles. The van der Waals surface area contributed by atoms with Crippen LogP contribution in [0.25, 0.3) is 10.9 Å². The molecule has 0 spiro atoms. The molecule has 0 fully saturated rings. The fourth-order valence-corrected chi connectivity index (χ4v) is 3.44. The average molecular weight is 414 g/mol. The van der Waals surface area contributed by atoms with Crippen LogP contribution in [0.1, 0.15) is 18.5 Å². The number of halogens is 3. The second-order valence-electron chi connectivity index (χ2n) is 6.54. The van der Waals surface area contributed by atoms with Gasteiger partial charge in [-0.05, 0) is 38.1 Å². The van der Waals surface area contributed by atoms with E-state index in [2.05, 4.69) is 20.8 Å². The van der Waals surface area contributed by atoms with Crippen molar-refractivity contribution >= 4 is 34.1 Å². The van der Waals surface area contributed by atoms with Crippen LogP contribution in [0.4, 0.5) is 4.39 Å². The first-order chi connectivity index (χ1) is 13.0. The van der Waals surface area contributed by atoms with E-state index in [9.17, 15) is 9.50 Å². The zero-order chi connectivity index (χ0) is 19.4. The largest absolute Gasteiger partial charge is 0.504 e. The number of hydrogen-bond donors (Lipinski definition) is 3. The smallest absolute Gasteiger partial charge is 0.160 e. The van der Waals surface area contributed by atoms with E-state index in [1.54, 1.807) is 0 Å². The Hall–Kier alpha value is -1.80. The molecule has 27 heavy (non-hydrogen) atoms. The highest BCUT2D eigenvalue weighted by molar-refractivity contribution is 6.39. The maximum Gasteiger partial charge on any atom is 0.160 e. The second kappa shape index (κ2) is 8.93. The van der Waals surface area contributed by atoms with Crippen LogP contribution in [0, 0.1) is 0 Å². The lowest BCUT2D eigenvalue weighted by Gasteiger charge is -2.17. The molecule has 1 aromatic heterocycles. The van der Waals surface area contributed by atoms with Gasteiger partial charge in [0.25, 0.3) is 0 Å². The number of phenols is 1. The number of aromatic nitrogens is 1. The van der Waals surface area contributed by atoms with E-state index in [0.29, 0.717) is 35.4 Å². The molecular weight excluding hydrogens is 392 g/mol. The van der Waals surface area contributed by atoms with E-state index >= 15 is 0 Å². The Labute approximate surface area is 167 Å². The molecule has 0 saturated carbocycles. The topological polar surface area (TPSA) is 63.7 Å². The van der Waals surface area contributed by atoms with Crippen molar-refractivity contribution in [2.45, 2.75) is 19.4 Å². The summed E-state index contributed by atoms with van der Waals surface area (Å²) in [6.45, 7) is 1.72. The first-order valence-corrected chi connectivity index (χ1v) is 9.43. The summed E-state index contributed by atoms with van der Waals surface area (Å²) >= 11 is 12.2. The molecular formula is C18H22Cl2FN5O. The lowest BCUT2D eigenvalue weighted by Crippen LogP contribution is -2.38. The Bertz CT molecular complexity index is 848. The number of nitrogens with one attached hydrogen (secondary N) is 2. The highest BCUT2D eigenvalue weighted by Crippen LogP contribution is 2.36. The monoisotopic (exact) mass is 413 g/mol. The van der Waals surface area contributed by atoms with Gasteiger partial charge in [0.2, 0.25) is 0 Å². The molecule has 0 saturated heterocycles. The van der Waals surface area contributed by atoms with Gasteiger partial charge in [0.1, 0.15) is 5.52 Å². The van der Waals surface area contributed by atoms with E-state index in [1.165, 1.54) is 6.07 Å². The van der Waals surface area contributed by atoms with Crippen molar-refractivity contribution in [2.75, 3.05) is 26.8 Å². The Morgan fingerprint density at radius 3 is 2.81 bits per heavy atom. The summed E-state index contributed by atoms with van der Waals surface area (Å²) in [5.41, 5.74) is 8.36. The minimum absolute atomic E-state index is 0.0612. The van der Waals surface area contributed by atoms with Gasteiger partial charge in [0, 0.05) is 31.2 Å². The van der Waals surface area contributed by atoms with Crippen molar-refractivity contribution in [3.8, 4) is 5.75 Å². The molecule has 1 aliphatic rings. The summed E-state index contributed by atoms with van der Waals surface area (Å²) in [6, 6.07) is 5.24. The predicted octanol–water partition coefficient (Wildman–Crippen LogP) is 3.59. The minimum atomic E-state index is -0.286. The normalized spacial score (nSPS) is 14.1. The van der Waals surface area contributed by atoms with Crippen molar-refractivity contribution in [1.82, 2.24) is 25.9 Å². The zero-order valence-electron chi connectivity index (χ0n) is 15.0. The quantitative estimate of drug-likeness (QED) is 0.574. The minimum Gasteiger partial charge on any atom is -0.504 e. The van der Waals surface area contributed by atoms with Crippen LogP contribution in [0.15, 0.2) is 30.1 Å². The Morgan fingerprint density at radius 1 is 1.22 bits per heavy atom. The van der Waals surface area contributed by atoms with Crippen LogP contribution < -0.4 is 11.0 Å². The molecule has 3 N–H and O–H groups in total. The number of unbranched alkanes of at least 4 members (excludes halogenated alkanes) is 1. The number of likely N-dealkylation sites (N-methyl/N-ethyl adjacent to an activating group) is 1. The van der Waals surface area contributed by atoms with Crippen molar-refractivity contribution in [3.05, 3.63) is 45.8 Å². The predicted molar refractivity (Wildman–Crippen MR) is 106 cm³/mol. The number of rotatable bonds is 8. The molecule has 3 rings (SSSR count). The van der Waals surface area contributed by atoms with Gasteiger partial charge in [0.15, 0.2) is 5.75 Å². The van der Waals surface area contributed by atoms with Crippen molar-refractivity contribution in [2.24, 2.45) is 0 Å². The van der Waals surface area contributed by atoms with Gasteiger partial charge in [-0.25, -0.2) is 4.98 Å². The number of nitrogens with zero attached hydrogens (tertiary/aromatic N) is 3. The fraction of sp³-hybridized carbons (Fsp3) is 0.389. The summed E-state index contributed by atoms with van der Waals surface area (Å²) in [4.78, 5) is 6.60. The van der Waals surface area contributed by atoms with E-state index in [0.717, 1.165) is 24.4 Å². The molecule has 0 radical (unpaired) electrons. The third-order valence-corrected chi connectivity index (χ3v) is 4.84. The van der Waals surface area contributed by atoms with Crippen molar-refractivity contribution < 1.29 is 9.50 Å². The number of benzene rings is 1. The van der Waals surface area contributed by atoms with E-state index in [4.69, 9.17) is 23.2 Å². The molecule has 0 aliphatic carbocycles. The maximum atomic E-state index is 12.2. The first kappa shape index (κ1) is 19.9. The molecule has 0 bridgehead atoms. The van der Waals surface area contributed by atoms with Gasteiger partial charge >= 0.3 is 0 Å². The number of hydrogen-bond acceptors (Lipinski definition) is 6. The Balaban J connectivity index is 1.63. The Morgan fingerprint density at radius 2 is 2.04 bits per heavy atom. The molecule has 0 amide bonds. The van der Waals surface area contributed by atoms with Gasteiger partial charge in [0.05, 0.1) is 28.1 Å². The van der Waals surface area contributed by atoms with Crippen LogP contribution in [0.3, 0.4) is 0 Å². The maximum absolute atomic E-state index is 12.2. The van der Waals surface area contributed by atoms with Crippen LogP contribution in [0.2, 0.25) is 10.0 Å². The van der Waals surface area contributed by atoms with Gasteiger partial charge in [-0.3, -0.25) is 14.3 Å². The van der Waals surface area contributed by atoms with Crippen molar-refractivity contribution in [1.29, 1.82) is 0 Å². The number of aromatic hydroxyl groups is 1. The van der Waals surface area contributed by atoms with Gasteiger partial charge in [-0.2, -0.15) is 0 Å². The third-order valence-electron chi connectivity index (χ3n) is 4.24. The molecule has 0 atom stereocenters. The number of hydrazine groups is 2. The lowest BCUT2D eigenvalue weighted by molar-refractivity contribution is 0.258. The number of alkyl halides is 1. The van der Waals surface area contributed by atoms with Crippen molar-refractivity contribution in [3.63, 3.8) is 0 Å². The van der Waals surface area contributed by atoms with Crippen LogP contribution in [0.5, 0.6) is 5.75 Å². The summed E-state index contributed by atoms with van der Waals surface area (Å²) in [7, 11) is 1.98. The first-order valence-electron chi connectivity index (χ1n) is 8.68. The standard InChI is InChI=1S/C18H22Cl2FN5O/c1-25(10-13-11-26(24-23-13)7-3-2-6-21)9-12-4-5-14-15(19)8-16(20)18(27)17(14)22-12/h4-5,8,11,23-24,27H,2-3,6-7,9-10H2,1H3. The van der Waals surface area contributed by atoms with Crippen LogP contribution in [-0.4, -0.2) is 46.8 Å². The lowest BCUT2D eigenvalue weighted by atomic mass is 10.2. The highest BCUT2D eigenvalue weighted by Gasteiger charge is 2.15. The van der Waals surface area contributed by atoms with E-state index < -0.39 is 0 Å². The molecule has 9 heteroatoms. The van der Waals surface area contributed by atoms with Crippen LogP contribution >= 0.6 is 23.2 Å². The molecule has 6 nitrogen and oxygen atoms in total. The molecule has 146 valence electrons. The number of phenolic OH excluding ortho intramolecular Hbond substituents is 1. The summed E-state index contributed by atoms with van der Waals surface area (Å²) in [5.74, 6) is -0.0612. The van der Waals surface area contributed by atoms with E-state index in [1.807, 2.05) is 30.4 Å². The van der Waals surface area contributed by atoms with Crippen LogP contribution in [-0.2, 0) is 6.54 Å². The summed E-state index contributed by atoms with van der Waals surface area (Å²) < 4.78 is 12.2. The van der Waals surface area contributed by atoms with Gasteiger partial charge < -0.3 is 10.5 Å². The summed E-state index contributed by atoms with van der Waals surface area (Å²) in [6.07, 6.45) is 3.34. The van der Waals surface area contributed by atoms with Gasteiger partial charge in [-0.15, -0.1) is 5.53 Å². The number of fused-ring (bicyclic) bond motifs is 1. The Kier molecular flexibility index (Phi) is 6.59. The average Bonchev–Trinajstić information content (AvgIpc) is 3.07. The zero-order valence-corrected chi connectivity index (χ0v) is 16.5. The third kappa shape index (κ3) is 4.93. The molecule has 0 unspecified atom stereocenters. The molecule has 1 aromatic carbocycles. The second-order valence-corrected chi connectivity index (χ2v) is 7.35. The molecule has 2 heterocycles. The summed E-state index contributed by atoms with van der Waals surface area (Å²) in [5, 5.41) is 13.4. The fourth-order valence-electron chi connectivity index (χ4n) is 2.93. The van der Waals surface area contributed by atoms with Gasteiger partial charge in [-0.1, -0.05) is 23.2 Å². The van der Waals surface area contributed by atoms with E-state index in [-0.39, 0.29) is 17.4 Å². The number of pyridine rings is 1. The highest BCUT2D eigenvalue weighted by atomic mass is 35.5.